The average molecular weight is 528 g/mol. The van der Waals surface area contributed by atoms with E-state index in [1.54, 1.807) is 78.6 Å². The van der Waals surface area contributed by atoms with Crippen molar-refractivity contribution in [3.63, 3.8) is 0 Å². The van der Waals surface area contributed by atoms with Crippen LogP contribution in [-0.4, -0.2) is 58.1 Å². The summed E-state index contributed by atoms with van der Waals surface area (Å²) in [6, 6.07) is 18.1. The quantitative estimate of drug-likeness (QED) is 0.528. The number of piperazine rings is 1. The van der Waals surface area contributed by atoms with Crippen LogP contribution in [-0.2, 0) is 20.0 Å². The first-order chi connectivity index (χ1) is 17.0. The van der Waals surface area contributed by atoms with Gasteiger partial charge in [0.2, 0.25) is 10.0 Å². The largest absolute Gasteiger partial charge is 0.336 e. The summed E-state index contributed by atoms with van der Waals surface area (Å²) in [6.45, 7) is 6.46. The zero-order valence-corrected chi connectivity index (χ0v) is 22.1. The van der Waals surface area contributed by atoms with Crippen LogP contribution in [0.5, 0.6) is 0 Å². The second kappa shape index (κ2) is 10.0. The van der Waals surface area contributed by atoms with Crippen molar-refractivity contribution in [3.05, 3.63) is 89.0 Å². The van der Waals surface area contributed by atoms with Gasteiger partial charge in [-0.05, 0) is 68.8 Å². The smallest absolute Gasteiger partial charge is 0.261 e. The summed E-state index contributed by atoms with van der Waals surface area (Å²) in [7, 11) is -7.38. The molecule has 10 heteroatoms. The van der Waals surface area contributed by atoms with E-state index in [1.807, 2.05) is 13.8 Å². The SMILES string of the molecule is Cc1ccc(S(=O)(=O)Nc2ccc(C(=O)N3CCN(S(=O)(=O)c4ccc(C)cc4)CC3)cc2C)cc1. The summed E-state index contributed by atoms with van der Waals surface area (Å²) in [4.78, 5) is 15.1. The molecular formula is C26H29N3O5S2. The van der Waals surface area contributed by atoms with Crippen molar-refractivity contribution < 1.29 is 21.6 Å². The Kier molecular flexibility index (Phi) is 7.21. The molecule has 0 radical (unpaired) electrons. The van der Waals surface area contributed by atoms with Crippen LogP contribution < -0.4 is 4.72 Å². The number of anilines is 1. The molecule has 0 bridgehead atoms. The Morgan fingerprint density at radius 2 is 1.25 bits per heavy atom. The number of nitrogens with zero attached hydrogens (tertiary/aromatic N) is 2. The van der Waals surface area contributed by atoms with E-state index in [4.69, 9.17) is 0 Å². The van der Waals surface area contributed by atoms with Crippen LogP contribution in [0, 0.1) is 20.8 Å². The van der Waals surface area contributed by atoms with Crippen LogP contribution in [0.3, 0.4) is 0 Å². The summed E-state index contributed by atoms with van der Waals surface area (Å²) >= 11 is 0. The Labute approximate surface area is 212 Å². The van der Waals surface area contributed by atoms with Crippen molar-refractivity contribution in [1.82, 2.24) is 9.21 Å². The highest BCUT2D eigenvalue weighted by molar-refractivity contribution is 7.92. The van der Waals surface area contributed by atoms with Crippen molar-refractivity contribution in [2.45, 2.75) is 30.6 Å². The number of hydrogen-bond acceptors (Lipinski definition) is 5. The molecule has 0 atom stereocenters. The molecule has 8 nitrogen and oxygen atoms in total. The molecule has 4 rings (SSSR count). The van der Waals surface area contributed by atoms with E-state index in [0.29, 0.717) is 16.8 Å². The highest BCUT2D eigenvalue weighted by atomic mass is 32.2. The maximum absolute atomic E-state index is 13.1. The van der Waals surface area contributed by atoms with E-state index < -0.39 is 20.0 Å². The van der Waals surface area contributed by atoms with E-state index in [0.717, 1.165) is 11.1 Å². The van der Waals surface area contributed by atoms with Gasteiger partial charge in [-0.1, -0.05) is 35.4 Å². The molecule has 3 aromatic rings. The zero-order chi connectivity index (χ0) is 26.1. The third-order valence-electron chi connectivity index (χ3n) is 6.23. The first-order valence-electron chi connectivity index (χ1n) is 11.5. The molecule has 0 aromatic heterocycles. The maximum Gasteiger partial charge on any atom is 0.261 e. The number of sulfonamides is 2. The third-order valence-corrected chi connectivity index (χ3v) is 9.53. The fourth-order valence-corrected chi connectivity index (χ4v) is 6.56. The van der Waals surface area contributed by atoms with Crippen molar-refractivity contribution in [2.75, 3.05) is 30.9 Å². The molecule has 0 spiro atoms. The van der Waals surface area contributed by atoms with Crippen LogP contribution in [0.2, 0.25) is 0 Å². The molecule has 0 unspecified atom stereocenters. The van der Waals surface area contributed by atoms with E-state index in [1.165, 1.54) is 4.31 Å². The van der Waals surface area contributed by atoms with Gasteiger partial charge in [-0.15, -0.1) is 0 Å². The molecule has 1 amide bonds. The van der Waals surface area contributed by atoms with Gasteiger partial charge < -0.3 is 4.90 Å². The molecule has 3 aromatic carbocycles. The second-order valence-corrected chi connectivity index (χ2v) is 12.6. The van der Waals surface area contributed by atoms with Gasteiger partial charge in [0.15, 0.2) is 0 Å². The summed E-state index contributed by atoms with van der Waals surface area (Å²) in [5.74, 6) is -0.224. The van der Waals surface area contributed by atoms with Gasteiger partial charge in [-0.3, -0.25) is 9.52 Å². The molecule has 1 aliphatic rings. The maximum atomic E-state index is 13.1. The molecule has 1 saturated heterocycles. The topological polar surface area (TPSA) is 104 Å². The van der Waals surface area contributed by atoms with Gasteiger partial charge in [-0.2, -0.15) is 4.31 Å². The number of amides is 1. The zero-order valence-electron chi connectivity index (χ0n) is 20.4. The summed E-state index contributed by atoms with van der Waals surface area (Å²) in [5, 5.41) is 0. The Morgan fingerprint density at radius 3 is 1.78 bits per heavy atom. The van der Waals surface area contributed by atoms with Gasteiger partial charge in [0.05, 0.1) is 15.5 Å². The van der Waals surface area contributed by atoms with Crippen molar-refractivity contribution in [1.29, 1.82) is 0 Å². The lowest BCUT2D eigenvalue weighted by Crippen LogP contribution is -2.50. The monoisotopic (exact) mass is 527 g/mol. The standard InChI is InChI=1S/C26H29N3O5S2/c1-19-4-9-23(10-5-19)35(31,32)27-25-13-8-22(18-21(25)3)26(30)28-14-16-29(17-15-28)36(33,34)24-11-6-20(2)7-12-24/h4-13,18,27H,14-17H2,1-3H3. The molecular weight excluding hydrogens is 498 g/mol. The number of benzene rings is 3. The van der Waals surface area contributed by atoms with E-state index in [-0.39, 0.29) is 41.9 Å². The number of rotatable bonds is 6. The lowest BCUT2D eigenvalue weighted by Gasteiger charge is -2.34. The van der Waals surface area contributed by atoms with Crippen LogP contribution in [0.25, 0.3) is 0 Å². The number of carbonyl (C=O) groups is 1. The predicted molar refractivity (Wildman–Crippen MR) is 139 cm³/mol. The summed E-state index contributed by atoms with van der Waals surface area (Å²) < 4.78 is 55.3. The Hall–Kier alpha value is -3.21. The number of nitrogens with one attached hydrogen (secondary N) is 1. The van der Waals surface area contributed by atoms with E-state index >= 15 is 0 Å². The number of carbonyl (C=O) groups excluding carboxylic acids is 1. The van der Waals surface area contributed by atoms with Gasteiger partial charge in [0.1, 0.15) is 0 Å². The first kappa shape index (κ1) is 25.9. The molecule has 190 valence electrons. The highest BCUT2D eigenvalue weighted by Gasteiger charge is 2.30. The predicted octanol–water partition coefficient (Wildman–Crippen LogP) is 3.56. The lowest BCUT2D eigenvalue weighted by atomic mass is 10.1. The van der Waals surface area contributed by atoms with Crippen LogP contribution >= 0.6 is 0 Å². The van der Waals surface area contributed by atoms with Crippen molar-refractivity contribution >= 4 is 31.6 Å². The summed E-state index contributed by atoms with van der Waals surface area (Å²) in [6.07, 6.45) is 0. The number of hydrogen-bond donors (Lipinski definition) is 1. The molecule has 1 aliphatic heterocycles. The minimum Gasteiger partial charge on any atom is -0.336 e. The van der Waals surface area contributed by atoms with E-state index in [2.05, 4.69) is 4.72 Å². The Morgan fingerprint density at radius 1 is 0.722 bits per heavy atom. The molecule has 1 fully saturated rings. The molecule has 0 saturated carbocycles. The second-order valence-electron chi connectivity index (χ2n) is 8.96. The van der Waals surface area contributed by atoms with Gasteiger partial charge in [0.25, 0.3) is 15.9 Å². The fourth-order valence-electron chi connectivity index (χ4n) is 4.01. The van der Waals surface area contributed by atoms with Crippen molar-refractivity contribution in [2.24, 2.45) is 0 Å². The van der Waals surface area contributed by atoms with Gasteiger partial charge in [-0.25, -0.2) is 16.8 Å². The Bertz CT molecular complexity index is 1480. The lowest BCUT2D eigenvalue weighted by molar-refractivity contribution is 0.0698. The average Bonchev–Trinajstić information content (AvgIpc) is 2.85. The van der Waals surface area contributed by atoms with Crippen LogP contribution in [0.15, 0.2) is 76.5 Å². The van der Waals surface area contributed by atoms with Crippen LogP contribution in [0.4, 0.5) is 5.69 Å². The number of aryl methyl sites for hydroxylation is 3. The third kappa shape index (κ3) is 5.45. The van der Waals surface area contributed by atoms with Gasteiger partial charge >= 0.3 is 0 Å². The van der Waals surface area contributed by atoms with Crippen LogP contribution in [0.1, 0.15) is 27.0 Å². The molecule has 1 N–H and O–H groups in total. The summed E-state index contributed by atoms with van der Waals surface area (Å²) in [5.41, 5.74) is 3.36. The molecule has 36 heavy (non-hydrogen) atoms. The highest BCUT2D eigenvalue weighted by Crippen LogP contribution is 2.23. The van der Waals surface area contributed by atoms with Gasteiger partial charge in [0, 0.05) is 31.7 Å². The first-order valence-corrected chi connectivity index (χ1v) is 14.5. The Balaban J connectivity index is 1.42. The normalized spacial score (nSPS) is 15.0. The fraction of sp³-hybridized carbons (Fsp3) is 0.269. The molecule has 1 heterocycles. The minimum absolute atomic E-state index is 0.158. The van der Waals surface area contributed by atoms with E-state index in [9.17, 15) is 21.6 Å². The van der Waals surface area contributed by atoms with Crippen molar-refractivity contribution in [3.8, 4) is 0 Å². The molecule has 0 aliphatic carbocycles. The minimum atomic E-state index is -3.76.